The van der Waals surface area contributed by atoms with E-state index in [2.05, 4.69) is 5.32 Å². The van der Waals surface area contributed by atoms with Crippen molar-refractivity contribution in [1.82, 2.24) is 0 Å². The van der Waals surface area contributed by atoms with E-state index in [4.69, 9.17) is 11.6 Å². The van der Waals surface area contributed by atoms with Gasteiger partial charge < -0.3 is 10.4 Å². The second-order valence-electron chi connectivity index (χ2n) is 4.19. The first-order valence-corrected chi connectivity index (χ1v) is 6.18. The van der Waals surface area contributed by atoms with E-state index in [0.717, 1.165) is 0 Å². The van der Waals surface area contributed by atoms with Gasteiger partial charge in [0.25, 0.3) is 5.69 Å². The van der Waals surface area contributed by atoms with Crippen LogP contribution in [0.5, 0.6) is 0 Å². The van der Waals surface area contributed by atoms with E-state index in [1.807, 2.05) is 13.8 Å². The maximum absolute atomic E-state index is 10.9. The Morgan fingerprint density at radius 2 is 2.06 bits per heavy atom. The minimum Gasteiger partial charge on any atom is -0.394 e. The molecule has 0 bridgehead atoms. The Morgan fingerprint density at radius 1 is 1.44 bits per heavy atom. The number of halogens is 1. The van der Waals surface area contributed by atoms with Crippen LogP contribution in [0.3, 0.4) is 0 Å². The largest absolute Gasteiger partial charge is 0.394 e. The predicted molar refractivity (Wildman–Crippen MR) is 72.1 cm³/mol. The van der Waals surface area contributed by atoms with Crippen molar-refractivity contribution in [2.75, 3.05) is 11.9 Å². The number of rotatable bonds is 6. The lowest BCUT2D eigenvalue weighted by Gasteiger charge is -2.31. The summed E-state index contributed by atoms with van der Waals surface area (Å²) in [4.78, 5) is 10.5. The Morgan fingerprint density at radius 3 is 2.50 bits per heavy atom. The molecule has 6 heteroatoms. The molecule has 0 radical (unpaired) electrons. The molecule has 1 rings (SSSR count). The summed E-state index contributed by atoms with van der Waals surface area (Å²) in [7, 11) is 0. The van der Waals surface area contributed by atoms with Crippen LogP contribution in [0.2, 0.25) is 5.02 Å². The van der Waals surface area contributed by atoms with Crippen molar-refractivity contribution in [3.05, 3.63) is 33.3 Å². The van der Waals surface area contributed by atoms with Crippen molar-refractivity contribution in [1.29, 1.82) is 0 Å². The van der Waals surface area contributed by atoms with E-state index in [9.17, 15) is 15.2 Å². The predicted octanol–water partition coefficient (Wildman–Crippen LogP) is 3.21. The zero-order valence-corrected chi connectivity index (χ0v) is 11.2. The number of aliphatic hydroxyl groups is 1. The van der Waals surface area contributed by atoms with E-state index in [1.54, 1.807) is 0 Å². The first kappa shape index (κ1) is 14.7. The average Bonchev–Trinajstić information content (AvgIpc) is 2.36. The number of anilines is 1. The van der Waals surface area contributed by atoms with Gasteiger partial charge in [-0.3, -0.25) is 10.1 Å². The van der Waals surface area contributed by atoms with Crippen LogP contribution in [-0.2, 0) is 0 Å². The van der Waals surface area contributed by atoms with Crippen LogP contribution in [0.15, 0.2) is 18.2 Å². The Bertz CT molecular complexity index is 425. The van der Waals surface area contributed by atoms with Gasteiger partial charge in [0.05, 0.1) is 17.1 Å². The van der Waals surface area contributed by atoms with Gasteiger partial charge >= 0.3 is 0 Å². The molecule has 0 aliphatic carbocycles. The summed E-state index contributed by atoms with van der Waals surface area (Å²) in [6.07, 6.45) is 1.31. The molecule has 0 aliphatic heterocycles. The Labute approximate surface area is 111 Å². The third-order valence-electron chi connectivity index (χ3n) is 3.21. The van der Waals surface area contributed by atoms with Gasteiger partial charge in [-0.05, 0) is 25.0 Å². The van der Waals surface area contributed by atoms with Gasteiger partial charge in [0.15, 0.2) is 0 Å². The lowest BCUT2D eigenvalue weighted by molar-refractivity contribution is -0.384. The summed E-state index contributed by atoms with van der Waals surface area (Å²) in [5, 5.41) is 23.9. The van der Waals surface area contributed by atoms with Crippen LogP contribution >= 0.6 is 11.6 Å². The SMILES string of the molecule is CCC(CC)(CO)Nc1cc(Cl)ccc1[N+](=O)[O-]. The second kappa shape index (κ2) is 6.02. The van der Waals surface area contributed by atoms with Crippen molar-refractivity contribution < 1.29 is 10.0 Å². The van der Waals surface area contributed by atoms with Gasteiger partial charge in [-0.15, -0.1) is 0 Å². The highest BCUT2D eigenvalue weighted by atomic mass is 35.5. The lowest BCUT2D eigenvalue weighted by Crippen LogP contribution is -2.41. The third kappa shape index (κ3) is 3.11. The number of hydrogen-bond acceptors (Lipinski definition) is 4. The molecule has 18 heavy (non-hydrogen) atoms. The highest BCUT2D eigenvalue weighted by molar-refractivity contribution is 6.31. The maximum Gasteiger partial charge on any atom is 0.292 e. The normalized spacial score (nSPS) is 11.3. The van der Waals surface area contributed by atoms with Crippen LogP contribution in [0.4, 0.5) is 11.4 Å². The van der Waals surface area contributed by atoms with Gasteiger partial charge in [0.2, 0.25) is 0 Å². The first-order valence-electron chi connectivity index (χ1n) is 5.81. The minimum absolute atomic E-state index is 0.0425. The second-order valence-corrected chi connectivity index (χ2v) is 4.63. The number of nitrogens with zero attached hydrogens (tertiary/aromatic N) is 1. The molecule has 0 heterocycles. The molecule has 0 saturated heterocycles. The molecule has 0 fully saturated rings. The van der Waals surface area contributed by atoms with Crippen LogP contribution in [0.1, 0.15) is 26.7 Å². The quantitative estimate of drug-likeness (QED) is 0.616. The van der Waals surface area contributed by atoms with E-state index < -0.39 is 10.5 Å². The van der Waals surface area contributed by atoms with Crippen LogP contribution in [-0.4, -0.2) is 22.2 Å². The molecule has 100 valence electrons. The number of nitro benzene ring substituents is 1. The Kier molecular flexibility index (Phi) is 4.93. The van der Waals surface area contributed by atoms with E-state index in [1.165, 1.54) is 18.2 Å². The van der Waals surface area contributed by atoms with Crippen LogP contribution < -0.4 is 5.32 Å². The van der Waals surface area contributed by atoms with Crippen LogP contribution in [0.25, 0.3) is 0 Å². The summed E-state index contributed by atoms with van der Waals surface area (Å²) in [6, 6.07) is 4.34. The van der Waals surface area contributed by atoms with Gasteiger partial charge in [-0.2, -0.15) is 0 Å². The summed E-state index contributed by atoms with van der Waals surface area (Å²) < 4.78 is 0. The van der Waals surface area contributed by atoms with E-state index >= 15 is 0 Å². The van der Waals surface area contributed by atoms with Crippen LogP contribution in [0, 0.1) is 10.1 Å². The van der Waals surface area contributed by atoms with Gasteiger partial charge in [-0.25, -0.2) is 0 Å². The number of nitrogens with one attached hydrogen (secondary N) is 1. The summed E-state index contributed by atoms with van der Waals surface area (Å²) in [6.45, 7) is 3.75. The van der Waals surface area contributed by atoms with Crippen molar-refractivity contribution in [2.24, 2.45) is 0 Å². The molecule has 0 unspecified atom stereocenters. The number of benzene rings is 1. The minimum atomic E-state index is -0.560. The third-order valence-corrected chi connectivity index (χ3v) is 3.45. The molecule has 0 spiro atoms. The molecule has 0 aromatic heterocycles. The highest BCUT2D eigenvalue weighted by Crippen LogP contribution is 2.31. The van der Waals surface area contributed by atoms with Crippen molar-refractivity contribution in [2.45, 2.75) is 32.2 Å². The molecule has 0 atom stereocenters. The van der Waals surface area contributed by atoms with Crippen molar-refractivity contribution >= 4 is 23.0 Å². The molecule has 1 aromatic rings. The van der Waals surface area contributed by atoms with Gasteiger partial charge in [-0.1, -0.05) is 25.4 Å². The highest BCUT2D eigenvalue weighted by Gasteiger charge is 2.28. The Balaban J connectivity index is 3.16. The fraction of sp³-hybridized carbons (Fsp3) is 0.500. The summed E-state index contributed by atoms with van der Waals surface area (Å²) >= 11 is 5.85. The number of aliphatic hydroxyl groups excluding tert-OH is 1. The number of nitro groups is 1. The average molecular weight is 273 g/mol. The first-order chi connectivity index (χ1) is 8.48. The number of hydrogen-bond donors (Lipinski definition) is 2. The maximum atomic E-state index is 10.9. The standard InChI is InChI=1S/C12H17ClN2O3/c1-3-12(4-2,8-16)14-10-7-9(13)5-6-11(10)15(17)18/h5-7,14,16H,3-4,8H2,1-2H3. The van der Waals surface area contributed by atoms with E-state index in [-0.39, 0.29) is 12.3 Å². The molecule has 0 aliphatic rings. The Hall–Kier alpha value is -1.33. The molecule has 0 amide bonds. The molecule has 5 nitrogen and oxygen atoms in total. The molecule has 2 N–H and O–H groups in total. The zero-order valence-electron chi connectivity index (χ0n) is 10.4. The summed E-state index contributed by atoms with van der Waals surface area (Å²) in [5.74, 6) is 0. The van der Waals surface area contributed by atoms with Gasteiger partial charge in [0, 0.05) is 11.1 Å². The zero-order chi connectivity index (χ0) is 13.8. The topological polar surface area (TPSA) is 75.4 Å². The smallest absolute Gasteiger partial charge is 0.292 e. The van der Waals surface area contributed by atoms with Gasteiger partial charge in [0.1, 0.15) is 5.69 Å². The summed E-state index contributed by atoms with van der Waals surface area (Å²) in [5.41, 5.74) is -0.264. The lowest BCUT2D eigenvalue weighted by atomic mass is 9.93. The molecule has 0 saturated carbocycles. The molecular weight excluding hydrogens is 256 g/mol. The fourth-order valence-corrected chi connectivity index (χ4v) is 1.92. The monoisotopic (exact) mass is 272 g/mol. The van der Waals surface area contributed by atoms with Crippen molar-refractivity contribution in [3.8, 4) is 0 Å². The molecule has 1 aromatic carbocycles. The molecular formula is C12H17ClN2O3. The van der Waals surface area contributed by atoms with E-state index in [0.29, 0.717) is 23.6 Å². The fourth-order valence-electron chi connectivity index (χ4n) is 1.74. The van der Waals surface area contributed by atoms with Crippen molar-refractivity contribution in [3.63, 3.8) is 0 Å².